The second kappa shape index (κ2) is 7.03. The molecule has 0 bridgehead atoms. The molecule has 2 aromatic heterocycles. The third-order valence-corrected chi connectivity index (χ3v) is 4.36. The number of para-hydroxylation sites is 1. The minimum Gasteiger partial charge on any atom is -0.435 e. The van der Waals surface area contributed by atoms with E-state index in [4.69, 9.17) is 11.6 Å². The molecule has 0 saturated heterocycles. The van der Waals surface area contributed by atoms with Crippen molar-refractivity contribution in [3.63, 3.8) is 0 Å². The van der Waals surface area contributed by atoms with E-state index in [1.807, 2.05) is 0 Å². The first kappa shape index (κ1) is 17.1. The second-order valence-corrected chi connectivity index (χ2v) is 6.12. The van der Waals surface area contributed by atoms with E-state index < -0.39 is 12.4 Å². The van der Waals surface area contributed by atoms with Crippen LogP contribution in [0.5, 0.6) is 5.75 Å². The summed E-state index contributed by atoms with van der Waals surface area (Å²) < 4.78 is 45.3. The van der Waals surface area contributed by atoms with E-state index in [2.05, 4.69) is 25.7 Å². The lowest BCUT2D eigenvalue weighted by molar-refractivity contribution is -0.0503. The molecule has 0 saturated carbocycles. The van der Waals surface area contributed by atoms with E-state index >= 15 is 0 Å². The predicted molar refractivity (Wildman–Crippen MR) is 88.3 cm³/mol. The average Bonchev–Trinajstić information content (AvgIpc) is 2.86. The molecule has 0 aliphatic carbocycles. The third-order valence-electron chi connectivity index (χ3n) is 3.52. The van der Waals surface area contributed by atoms with Crippen LogP contribution in [0.4, 0.5) is 13.2 Å². The Morgan fingerprint density at radius 3 is 2.75 bits per heavy atom. The first-order valence-corrected chi connectivity index (χ1v) is 8.26. The number of nitrogens with zero attached hydrogens (tertiary/aromatic N) is 2. The molecule has 0 aliphatic rings. The van der Waals surface area contributed by atoms with Gasteiger partial charge in [-0.15, -0.1) is 11.6 Å². The SMILES string of the molecule is Fc1cc2nc(CCl)c(Cc3ccccc3OC(F)F)n2cc1Br. The molecule has 3 nitrogen and oxygen atoms in total. The number of ether oxygens (including phenoxy) is 1. The molecule has 0 unspecified atom stereocenters. The Balaban J connectivity index is 2.09. The monoisotopic (exact) mass is 418 g/mol. The molecule has 3 aromatic rings. The van der Waals surface area contributed by atoms with Crippen LogP contribution < -0.4 is 4.74 Å². The van der Waals surface area contributed by atoms with Crippen molar-refractivity contribution in [1.82, 2.24) is 9.38 Å². The molecular formula is C16H11BrClF3N2O. The number of pyridine rings is 1. The van der Waals surface area contributed by atoms with E-state index in [0.717, 1.165) is 0 Å². The van der Waals surface area contributed by atoms with Gasteiger partial charge in [0, 0.05) is 24.2 Å². The molecule has 126 valence electrons. The molecule has 0 amide bonds. The lowest BCUT2D eigenvalue weighted by Crippen LogP contribution is -2.06. The van der Waals surface area contributed by atoms with Gasteiger partial charge in [-0.05, 0) is 22.0 Å². The summed E-state index contributed by atoms with van der Waals surface area (Å²) in [5.41, 5.74) is 2.20. The zero-order chi connectivity index (χ0) is 17.3. The van der Waals surface area contributed by atoms with Crippen molar-refractivity contribution in [1.29, 1.82) is 0 Å². The van der Waals surface area contributed by atoms with Gasteiger partial charge in [0.05, 0.1) is 21.7 Å². The molecule has 0 spiro atoms. The van der Waals surface area contributed by atoms with E-state index in [9.17, 15) is 13.2 Å². The largest absolute Gasteiger partial charge is 0.435 e. The maximum Gasteiger partial charge on any atom is 0.387 e. The number of benzene rings is 1. The summed E-state index contributed by atoms with van der Waals surface area (Å²) >= 11 is 9.07. The standard InChI is InChI=1S/C16H11BrClF3N2O/c17-10-8-23-13(12(7-18)22-15(23)6-11(10)19)5-9-3-1-2-4-14(9)24-16(20)21/h1-4,6,8,16H,5,7H2. The molecule has 0 fully saturated rings. The van der Waals surface area contributed by atoms with Crippen LogP contribution >= 0.6 is 27.5 Å². The van der Waals surface area contributed by atoms with Gasteiger partial charge in [-0.25, -0.2) is 9.37 Å². The number of fused-ring (bicyclic) bond motifs is 1. The molecule has 0 N–H and O–H groups in total. The van der Waals surface area contributed by atoms with E-state index in [1.165, 1.54) is 12.1 Å². The zero-order valence-electron chi connectivity index (χ0n) is 12.1. The van der Waals surface area contributed by atoms with E-state index in [-0.39, 0.29) is 22.5 Å². The summed E-state index contributed by atoms with van der Waals surface area (Å²) in [6, 6.07) is 7.79. The Morgan fingerprint density at radius 2 is 2.04 bits per heavy atom. The van der Waals surface area contributed by atoms with Crippen molar-refractivity contribution in [2.75, 3.05) is 0 Å². The maximum atomic E-state index is 13.7. The van der Waals surface area contributed by atoms with Crippen molar-refractivity contribution < 1.29 is 17.9 Å². The third kappa shape index (κ3) is 3.37. The summed E-state index contributed by atoms with van der Waals surface area (Å²) in [5.74, 6) is -0.237. The molecule has 24 heavy (non-hydrogen) atoms. The summed E-state index contributed by atoms with van der Waals surface area (Å²) in [6.45, 7) is -2.91. The van der Waals surface area contributed by atoms with Gasteiger partial charge in [-0.1, -0.05) is 18.2 Å². The van der Waals surface area contributed by atoms with Crippen LogP contribution in [-0.4, -0.2) is 16.0 Å². The van der Waals surface area contributed by atoms with Gasteiger partial charge in [-0.2, -0.15) is 8.78 Å². The first-order chi connectivity index (χ1) is 11.5. The first-order valence-electron chi connectivity index (χ1n) is 6.93. The smallest absolute Gasteiger partial charge is 0.387 e. The second-order valence-electron chi connectivity index (χ2n) is 5.00. The van der Waals surface area contributed by atoms with Crippen molar-refractivity contribution in [3.8, 4) is 5.75 Å². The number of hydrogen-bond donors (Lipinski definition) is 0. The highest BCUT2D eigenvalue weighted by Crippen LogP contribution is 2.27. The normalized spacial score (nSPS) is 11.4. The highest BCUT2D eigenvalue weighted by atomic mass is 79.9. The fourth-order valence-corrected chi connectivity index (χ4v) is 3.01. The van der Waals surface area contributed by atoms with Gasteiger partial charge in [-0.3, -0.25) is 0 Å². The Kier molecular flexibility index (Phi) is 5.01. The van der Waals surface area contributed by atoms with Crippen LogP contribution in [0.25, 0.3) is 5.65 Å². The fraction of sp³-hybridized carbons (Fsp3) is 0.188. The number of imidazole rings is 1. The van der Waals surface area contributed by atoms with Gasteiger partial charge in [0.2, 0.25) is 0 Å². The van der Waals surface area contributed by atoms with Crippen molar-refractivity contribution in [3.05, 3.63) is 63.8 Å². The lowest BCUT2D eigenvalue weighted by atomic mass is 10.1. The Morgan fingerprint density at radius 1 is 1.29 bits per heavy atom. The predicted octanol–water partition coefficient (Wildman–Crippen LogP) is 5.17. The molecular weight excluding hydrogens is 409 g/mol. The Bertz CT molecular complexity index is 885. The van der Waals surface area contributed by atoms with Crippen LogP contribution in [0.15, 0.2) is 41.0 Å². The topological polar surface area (TPSA) is 26.5 Å². The molecule has 0 aliphatic heterocycles. The van der Waals surface area contributed by atoms with Crippen LogP contribution in [-0.2, 0) is 12.3 Å². The molecule has 8 heteroatoms. The van der Waals surface area contributed by atoms with Crippen LogP contribution in [0, 0.1) is 5.82 Å². The molecule has 0 atom stereocenters. The highest BCUT2D eigenvalue weighted by Gasteiger charge is 2.17. The van der Waals surface area contributed by atoms with Gasteiger partial charge in [0.1, 0.15) is 17.2 Å². The van der Waals surface area contributed by atoms with Gasteiger partial charge in [0.25, 0.3) is 0 Å². The van der Waals surface area contributed by atoms with E-state index in [1.54, 1.807) is 28.8 Å². The highest BCUT2D eigenvalue weighted by molar-refractivity contribution is 9.10. The van der Waals surface area contributed by atoms with Gasteiger partial charge < -0.3 is 9.14 Å². The summed E-state index contributed by atoms with van der Waals surface area (Å²) in [6.07, 6.45) is 1.81. The number of alkyl halides is 3. The van der Waals surface area contributed by atoms with Crippen LogP contribution in [0.3, 0.4) is 0 Å². The summed E-state index contributed by atoms with van der Waals surface area (Å²) in [5, 5.41) is 0. The average molecular weight is 420 g/mol. The number of halogens is 5. The van der Waals surface area contributed by atoms with E-state index in [0.29, 0.717) is 22.6 Å². The summed E-state index contributed by atoms with van der Waals surface area (Å²) in [7, 11) is 0. The lowest BCUT2D eigenvalue weighted by Gasteiger charge is -2.11. The maximum absolute atomic E-state index is 13.7. The number of rotatable bonds is 5. The Hall–Kier alpha value is -1.73. The molecule has 3 rings (SSSR count). The fourth-order valence-electron chi connectivity index (χ4n) is 2.47. The number of aromatic nitrogens is 2. The van der Waals surface area contributed by atoms with Gasteiger partial charge in [0.15, 0.2) is 0 Å². The molecule has 2 heterocycles. The van der Waals surface area contributed by atoms with Gasteiger partial charge >= 0.3 is 6.61 Å². The number of hydrogen-bond acceptors (Lipinski definition) is 2. The molecule has 1 aromatic carbocycles. The minimum absolute atomic E-state index is 0.0872. The zero-order valence-corrected chi connectivity index (χ0v) is 14.5. The van der Waals surface area contributed by atoms with Crippen LogP contribution in [0.1, 0.15) is 17.0 Å². The Labute approximate surface area is 149 Å². The quantitative estimate of drug-likeness (QED) is 0.534. The van der Waals surface area contributed by atoms with Crippen molar-refractivity contribution >= 4 is 33.2 Å². The van der Waals surface area contributed by atoms with Crippen molar-refractivity contribution in [2.45, 2.75) is 18.9 Å². The summed E-state index contributed by atoms with van der Waals surface area (Å²) in [4.78, 5) is 4.30. The minimum atomic E-state index is -2.91. The van der Waals surface area contributed by atoms with Crippen molar-refractivity contribution in [2.24, 2.45) is 0 Å². The molecule has 0 radical (unpaired) electrons. The van der Waals surface area contributed by atoms with Crippen LogP contribution in [0.2, 0.25) is 0 Å².